The van der Waals surface area contributed by atoms with E-state index in [-0.39, 0.29) is 0 Å². The molecular weight excluding hydrogens is 220 g/mol. The maximum Gasteiger partial charge on any atom is 0.0480 e. The van der Waals surface area contributed by atoms with Crippen LogP contribution in [0.15, 0.2) is 12.1 Å². The molecule has 86 valence electrons. The smallest absolute Gasteiger partial charge is 0.0480 e. The molecule has 0 saturated carbocycles. The summed E-state index contributed by atoms with van der Waals surface area (Å²) in [5.74, 6) is 0. The topological polar surface area (TPSA) is 15.3 Å². The summed E-state index contributed by atoms with van der Waals surface area (Å²) in [4.78, 5) is 2.53. The molecule has 1 aromatic rings. The van der Waals surface area contributed by atoms with Crippen LogP contribution in [0.2, 0.25) is 5.02 Å². The summed E-state index contributed by atoms with van der Waals surface area (Å²) in [6.45, 7) is 6.52. The zero-order valence-corrected chi connectivity index (χ0v) is 10.3. The van der Waals surface area contributed by atoms with Crippen molar-refractivity contribution in [3.63, 3.8) is 0 Å². The van der Waals surface area contributed by atoms with Crippen molar-refractivity contribution < 1.29 is 0 Å². The third-order valence-corrected chi connectivity index (χ3v) is 4.11. The lowest BCUT2D eigenvalue weighted by molar-refractivity contribution is 0.178. The second-order valence-electron chi connectivity index (χ2n) is 4.69. The average Bonchev–Trinajstić information content (AvgIpc) is 2.68. The lowest BCUT2D eigenvalue weighted by atomic mass is 10.00. The van der Waals surface area contributed by atoms with E-state index < -0.39 is 0 Å². The van der Waals surface area contributed by atoms with Gasteiger partial charge in [0.15, 0.2) is 0 Å². The number of halogens is 1. The van der Waals surface area contributed by atoms with Crippen molar-refractivity contribution in [2.75, 3.05) is 19.6 Å². The van der Waals surface area contributed by atoms with E-state index in [1.165, 1.54) is 16.7 Å². The van der Waals surface area contributed by atoms with Gasteiger partial charge in [0, 0.05) is 37.2 Å². The van der Waals surface area contributed by atoms with Crippen LogP contribution in [0.25, 0.3) is 0 Å². The number of rotatable bonds is 1. The first-order chi connectivity index (χ1) is 7.79. The highest BCUT2D eigenvalue weighted by atomic mass is 35.5. The molecule has 0 aromatic heterocycles. The number of hydrogen-bond donors (Lipinski definition) is 1. The Morgan fingerprint density at radius 2 is 2.38 bits per heavy atom. The SMILES string of the molecule is CCc1cc(Cl)c2c(c1)C1CNCCN1C2. The molecule has 2 heterocycles. The molecule has 1 atom stereocenters. The Hall–Kier alpha value is -0.570. The van der Waals surface area contributed by atoms with Crippen LogP contribution < -0.4 is 5.32 Å². The van der Waals surface area contributed by atoms with Crippen LogP contribution in [0.5, 0.6) is 0 Å². The first kappa shape index (κ1) is 10.6. The van der Waals surface area contributed by atoms with Gasteiger partial charge in [-0.05, 0) is 29.2 Å². The number of fused-ring (bicyclic) bond motifs is 3. The van der Waals surface area contributed by atoms with Gasteiger partial charge in [0.1, 0.15) is 0 Å². The second kappa shape index (κ2) is 4.02. The molecule has 1 aromatic carbocycles. The molecule has 0 spiro atoms. The van der Waals surface area contributed by atoms with Gasteiger partial charge in [-0.15, -0.1) is 0 Å². The van der Waals surface area contributed by atoms with Crippen LogP contribution >= 0.6 is 11.6 Å². The molecule has 1 N–H and O–H groups in total. The van der Waals surface area contributed by atoms with E-state index in [9.17, 15) is 0 Å². The van der Waals surface area contributed by atoms with Gasteiger partial charge in [0.05, 0.1) is 0 Å². The van der Waals surface area contributed by atoms with Crippen molar-refractivity contribution >= 4 is 11.6 Å². The first-order valence-corrected chi connectivity index (χ1v) is 6.43. The van der Waals surface area contributed by atoms with Crippen molar-refractivity contribution in [2.24, 2.45) is 0 Å². The van der Waals surface area contributed by atoms with E-state index in [0.717, 1.165) is 37.6 Å². The quantitative estimate of drug-likeness (QED) is 0.806. The number of nitrogens with zero attached hydrogens (tertiary/aromatic N) is 1. The van der Waals surface area contributed by atoms with Crippen LogP contribution in [-0.2, 0) is 13.0 Å². The average molecular weight is 237 g/mol. The predicted molar refractivity (Wildman–Crippen MR) is 66.9 cm³/mol. The molecule has 3 heteroatoms. The Balaban J connectivity index is 2.05. The van der Waals surface area contributed by atoms with E-state index in [1.54, 1.807) is 0 Å². The molecule has 0 bridgehead atoms. The summed E-state index contributed by atoms with van der Waals surface area (Å²) in [7, 11) is 0. The fraction of sp³-hybridized carbons (Fsp3) is 0.538. The van der Waals surface area contributed by atoms with Crippen molar-refractivity contribution in [3.8, 4) is 0 Å². The molecule has 0 aliphatic carbocycles. The van der Waals surface area contributed by atoms with Crippen molar-refractivity contribution in [1.82, 2.24) is 10.2 Å². The predicted octanol–water partition coefficient (Wildman–Crippen LogP) is 2.36. The summed E-state index contributed by atoms with van der Waals surface area (Å²) in [6.07, 6.45) is 1.06. The standard InChI is InChI=1S/C13H17ClN2/c1-2-9-5-10-11(12(14)6-9)8-16-4-3-15-7-13(10)16/h5-6,13,15H,2-4,7-8H2,1H3. The zero-order chi connectivity index (χ0) is 11.1. The Kier molecular flexibility index (Phi) is 2.66. The molecule has 2 nitrogen and oxygen atoms in total. The third-order valence-electron chi connectivity index (χ3n) is 3.77. The van der Waals surface area contributed by atoms with E-state index in [0.29, 0.717) is 6.04 Å². The van der Waals surface area contributed by atoms with Crippen molar-refractivity contribution in [1.29, 1.82) is 0 Å². The van der Waals surface area contributed by atoms with Crippen LogP contribution in [0.4, 0.5) is 0 Å². The Morgan fingerprint density at radius 1 is 1.50 bits per heavy atom. The highest BCUT2D eigenvalue weighted by molar-refractivity contribution is 6.31. The van der Waals surface area contributed by atoms with E-state index in [1.807, 2.05) is 0 Å². The van der Waals surface area contributed by atoms with E-state index in [2.05, 4.69) is 29.3 Å². The highest BCUT2D eigenvalue weighted by Crippen LogP contribution is 2.38. The van der Waals surface area contributed by atoms with Gasteiger partial charge >= 0.3 is 0 Å². The zero-order valence-electron chi connectivity index (χ0n) is 9.59. The molecular formula is C13H17ClN2. The lowest BCUT2D eigenvalue weighted by Crippen LogP contribution is -2.42. The molecule has 2 aliphatic heterocycles. The Morgan fingerprint density at radius 3 is 3.19 bits per heavy atom. The normalized spacial score (nSPS) is 24.2. The van der Waals surface area contributed by atoms with Gasteiger partial charge in [-0.25, -0.2) is 0 Å². The Labute approximate surface area is 102 Å². The fourth-order valence-corrected chi connectivity index (χ4v) is 3.14. The molecule has 0 radical (unpaired) electrons. The van der Waals surface area contributed by atoms with E-state index in [4.69, 9.17) is 11.6 Å². The molecule has 1 saturated heterocycles. The number of piperazine rings is 1. The summed E-state index contributed by atoms with van der Waals surface area (Å²) in [6, 6.07) is 5.03. The minimum Gasteiger partial charge on any atom is -0.314 e. The van der Waals surface area contributed by atoms with Gasteiger partial charge in [0.2, 0.25) is 0 Å². The number of hydrogen-bond acceptors (Lipinski definition) is 2. The maximum atomic E-state index is 6.37. The molecule has 1 unspecified atom stereocenters. The van der Waals surface area contributed by atoms with Crippen LogP contribution in [-0.4, -0.2) is 24.5 Å². The number of nitrogens with one attached hydrogen (secondary N) is 1. The summed E-state index contributed by atoms with van der Waals surface area (Å²) in [5, 5.41) is 4.43. The number of aryl methyl sites for hydroxylation is 1. The van der Waals surface area contributed by atoms with Gasteiger partial charge in [-0.2, -0.15) is 0 Å². The van der Waals surface area contributed by atoms with Gasteiger partial charge < -0.3 is 5.32 Å². The van der Waals surface area contributed by atoms with Gasteiger partial charge in [-0.3, -0.25) is 4.90 Å². The summed E-state index contributed by atoms with van der Waals surface area (Å²) in [5.41, 5.74) is 4.17. The Bertz CT molecular complexity index is 417. The minimum absolute atomic E-state index is 0.549. The summed E-state index contributed by atoms with van der Waals surface area (Å²) < 4.78 is 0. The maximum absolute atomic E-state index is 6.37. The summed E-state index contributed by atoms with van der Waals surface area (Å²) >= 11 is 6.37. The molecule has 1 fully saturated rings. The fourth-order valence-electron chi connectivity index (χ4n) is 2.83. The van der Waals surface area contributed by atoms with E-state index >= 15 is 0 Å². The molecule has 16 heavy (non-hydrogen) atoms. The largest absolute Gasteiger partial charge is 0.314 e. The van der Waals surface area contributed by atoms with Crippen molar-refractivity contribution in [3.05, 3.63) is 33.8 Å². The minimum atomic E-state index is 0.549. The first-order valence-electron chi connectivity index (χ1n) is 6.05. The lowest BCUT2D eigenvalue weighted by Gasteiger charge is -2.30. The molecule has 2 aliphatic rings. The highest BCUT2D eigenvalue weighted by Gasteiger charge is 2.33. The molecule has 3 rings (SSSR count). The van der Waals surface area contributed by atoms with Crippen LogP contribution in [0, 0.1) is 0 Å². The van der Waals surface area contributed by atoms with Crippen molar-refractivity contribution in [2.45, 2.75) is 25.9 Å². The van der Waals surface area contributed by atoms with Gasteiger partial charge in [0.25, 0.3) is 0 Å². The monoisotopic (exact) mass is 236 g/mol. The number of benzene rings is 1. The van der Waals surface area contributed by atoms with Gasteiger partial charge in [-0.1, -0.05) is 24.6 Å². The van der Waals surface area contributed by atoms with Crippen LogP contribution in [0.3, 0.4) is 0 Å². The van der Waals surface area contributed by atoms with Crippen LogP contribution in [0.1, 0.15) is 29.7 Å². The second-order valence-corrected chi connectivity index (χ2v) is 5.10. The third kappa shape index (κ3) is 1.56. The molecule has 0 amide bonds.